The summed E-state index contributed by atoms with van der Waals surface area (Å²) in [6.45, 7) is 6.20. The fourth-order valence-corrected chi connectivity index (χ4v) is 0.787. The van der Waals surface area contributed by atoms with Crippen LogP contribution in [0.3, 0.4) is 0 Å². The summed E-state index contributed by atoms with van der Waals surface area (Å²) in [5, 5.41) is 3.74. The van der Waals surface area contributed by atoms with E-state index in [9.17, 15) is 0 Å². The first-order valence-corrected chi connectivity index (χ1v) is 3.86. The van der Waals surface area contributed by atoms with E-state index in [1.54, 1.807) is 0 Å². The van der Waals surface area contributed by atoms with Gasteiger partial charge in [-0.15, -0.1) is 0 Å². The molecule has 0 saturated heterocycles. The number of rotatable bonds is 1. The third kappa shape index (κ3) is 1.89. The van der Waals surface area contributed by atoms with Crippen LogP contribution in [-0.2, 0) is 5.41 Å². The Morgan fingerprint density at radius 2 is 2.18 bits per heavy atom. The van der Waals surface area contributed by atoms with Crippen molar-refractivity contribution >= 4 is 18.6 Å². The zero-order chi connectivity index (χ0) is 8.48. The van der Waals surface area contributed by atoms with E-state index in [1.165, 1.54) is 0 Å². The normalized spacial score (nSPS) is 11.6. The molecule has 0 saturated carbocycles. The molecule has 0 bridgehead atoms. The maximum atomic E-state index is 5.06. The third-order valence-corrected chi connectivity index (χ3v) is 1.59. The van der Waals surface area contributed by atoms with Gasteiger partial charge in [0.2, 0.25) is 0 Å². The molecule has 0 aliphatic heterocycles. The number of aromatic nitrogens is 1. The van der Waals surface area contributed by atoms with Gasteiger partial charge in [0.15, 0.2) is 5.82 Å². The predicted molar refractivity (Wildman–Crippen MR) is 47.8 cm³/mol. The van der Waals surface area contributed by atoms with Crippen LogP contribution < -0.4 is 4.72 Å². The second kappa shape index (κ2) is 2.77. The molecular formula is C7H12N2OS. The van der Waals surface area contributed by atoms with Gasteiger partial charge >= 0.3 is 0 Å². The first kappa shape index (κ1) is 8.46. The van der Waals surface area contributed by atoms with Crippen LogP contribution in [0.2, 0.25) is 0 Å². The quantitative estimate of drug-likeness (QED) is 0.638. The van der Waals surface area contributed by atoms with Crippen LogP contribution in [0.25, 0.3) is 0 Å². The molecule has 1 heterocycles. The number of nitrogens with one attached hydrogen (secondary N) is 1. The van der Waals surface area contributed by atoms with E-state index in [-0.39, 0.29) is 5.41 Å². The predicted octanol–water partition coefficient (Wildman–Crippen LogP) is 2.23. The number of hydrogen-bond acceptors (Lipinski definition) is 4. The fraction of sp³-hybridized carbons (Fsp3) is 0.571. The van der Waals surface area contributed by atoms with Crippen molar-refractivity contribution in [2.75, 3.05) is 4.72 Å². The van der Waals surface area contributed by atoms with Crippen LogP contribution in [0.1, 0.15) is 26.5 Å². The highest BCUT2D eigenvalue weighted by atomic mass is 32.1. The molecule has 1 rings (SSSR count). The molecule has 1 N–H and O–H groups in total. The minimum Gasteiger partial charge on any atom is -0.359 e. The van der Waals surface area contributed by atoms with Gasteiger partial charge < -0.3 is 9.25 Å². The molecule has 0 spiro atoms. The largest absolute Gasteiger partial charge is 0.359 e. The monoisotopic (exact) mass is 172 g/mol. The van der Waals surface area contributed by atoms with Gasteiger partial charge in [-0.3, -0.25) is 0 Å². The van der Waals surface area contributed by atoms with Gasteiger partial charge in [-0.1, -0.05) is 38.7 Å². The van der Waals surface area contributed by atoms with Crippen molar-refractivity contribution in [2.45, 2.75) is 26.2 Å². The lowest BCUT2D eigenvalue weighted by molar-refractivity contribution is 0.331. The minimum absolute atomic E-state index is 0.00980. The molecule has 0 aliphatic rings. The Morgan fingerprint density at radius 3 is 2.45 bits per heavy atom. The highest BCUT2D eigenvalue weighted by Crippen LogP contribution is 2.24. The van der Waals surface area contributed by atoms with E-state index in [4.69, 9.17) is 4.52 Å². The zero-order valence-corrected chi connectivity index (χ0v) is 7.77. The number of hydrogen-bond donors (Lipinski definition) is 2. The van der Waals surface area contributed by atoms with Crippen LogP contribution in [0.15, 0.2) is 10.6 Å². The molecule has 4 heteroatoms. The molecule has 3 nitrogen and oxygen atoms in total. The standard InChI is InChI=1S/C7H12N2OS/c1-7(2,3)5-4-6(9-11)8-10-5/h4,11H,1-3H3,(H,8,9). The van der Waals surface area contributed by atoms with E-state index < -0.39 is 0 Å². The number of anilines is 1. The van der Waals surface area contributed by atoms with Crippen molar-refractivity contribution in [3.63, 3.8) is 0 Å². The highest BCUT2D eigenvalue weighted by Gasteiger charge is 2.19. The molecule has 0 aliphatic carbocycles. The summed E-state index contributed by atoms with van der Waals surface area (Å²) in [7, 11) is 0. The van der Waals surface area contributed by atoms with Crippen molar-refractivity contribution in [1.29, 1.82) is 0 Å². The highest BCUT2D eigenvalue weighted by molar-refractivity contribution is 7.81. The lowest BCUT2D eigenvalue weighted by atomic mass is 9.93. The molecule has 0 fully saturated rings. The number of nitrogens with zero attached hydrogens (tertiary/aromatic N) is 1. The minimum atomic E-state index is 0.00980. The van der Waals surface area contributed by atoms with Gasteiger partial charge in [0, 0.05) is 11.5 Å². The molecule has 0 aromatic carbocycles. The zero-order valence-electron chi connectivity index (χ0n) is 6.88. The van der Waals surface area contributed by atoms with Crippen molar-refractivity contribution in [1.82, 2.24) is 5.16 Å². The second-order valence-electron chi connectivity index (χ2n) is 3.44. The summed E-state index contributed by atoms with van der Waals surface area (Å²) in [6, 6.07) is 1.84. The molecule has 11 heavy (non-hydrogen) atoms. The summed E-state index contributed by atoms with van der Waals surface area (Å²) >= 11 is 3.85. The van der Waals surface area contributed by atoms with Crippen LogP contribution in [0.4, 0.5) is 5.82 Å². The smallest absolute Gasteiger partial charge is 0.179 e. The van der Waals surface area contributed by atoms with E-state index in [0.717, 1.165) is 5.76 Å². The first-order valence-electron chi connectivity index (χ1n) is 3.41. The Hall–Kier alpha value is -0.640. The van der Waals surface area contributed by atoms with Crippen LogP contribution in [0.5, 0.6) is 0 Å². The van der Waals surface area contributed by atoms with Gasteiger partial charge in [-0.05, 0) is 0 Å². The van der Waals surface area contributed by atoms with Gasteiger partial charge in [0.05, 0.1) is 0 Å². The van der Waals surface area contributed by atoms with E-state index >= 15 is 0 Å². The fourth-order valence-electron chi connectivity index (χ4n) is 0.681. The van der Waals surface area contributed by atoms with Crippen LogP contribution >= 0.6 is 12.8 Å². The summed E-state index contributed by atoms with van der Waals surface area (Å²) < 4.78 is 7.67. The Balaban J connectivity index is 2.89. The van der Waals surface area contributed by atoms with Crippen LogP contribution in [-0.4, -0.2) is 5.16 Å². The topological polar surface area (TPSA) is 38.1 Å². The van der Waals surface area contributed by atoms with Gasteiger partial charge in [0.25, 0.3) is 0 Å². The molecule has 1 aromatic heterocycles. The van der Waals surface area contributed by atoms with Crippen molar-refractivity contribution in [3.05, 3.63) is 11.8 Å². The molecule has 62 valence electrons. The Bertz CT molecular complexity index is 239. The Morgan fingerprint density at radius 1 is 1.55 bits per heavy atom. The van der Waals surface area contributed by atoms with E-state index in [0.29, 0.717) is 5.82 Å². The van der Waals surface area contributed by atoms with Crippen molar-refractivity contribution in [2.24, 2.45) is 0 Å². The molecule has 0 atom stereocenters. The molecule has 0 unspecified atom stereocenters. The van der Waals surface area contributed by atoms with E-state index in [1.807, 2.05) is 6.07 Å². The number of thiol groups is 1. The molecule has 1 aromatic rings. The van der Waals surface area contributed by atoms with Gasteiger partial charge in [0.1, 0.15) is 5.76 Å². The van der Waals surface area contributed by atoms with Gasteiger partial charge in [-0.2, -0.15) is 0 Å². The second-order valence-corrected chi connectivity index (χ2v) is 3.66. The Kier molecular flexibility index (Phi) is 2.13. The average Bonchev–Trinajstić information content (AvgIpc) is 2.32. The third-order valence-electron chi connectivity index (χ3n) is 1.36. The SMILES string of the molecule is CC(C)(C)c1cc(NS)no1. The summed E-state index contributed by atoms with van der Waals surface area (Å²) in [4.78, 5) is 0. The molecule has 0 radical (unpaired) electrons. The van der Waals surface area contributed by atoms with Crippen LogP contribution in [0, 0.1) is 0 Å². The lowest BCUT2D eigenvalue weighted by Gasteiger charge is -2.11. The van der Waals surface area contributed by atoms with Crippen molar-refractivity contribution < 1.29 is 4.52 Å². The maximum absolute atomic E-state index is 5.06. The maximum Gasteiger partial charge on any atom is 0.179 e. The first-order chi connectivity index (χ1) is 5.04. The lowest BCUT2D eigenvalue weighted by Crippen LogP contribution is -2.09. The average molecular weight is 172 g/mol. The molecule has 0 amide bonds. The van der Waals surface area contributed by atoms with Crippen molar-refractivity contribution in [3.8, 4) is 0 Å². The molecular weight excluding hydrogens is 160 g/mol. The Labute approximate surface area is 71.7 Å². The summed E-state index contributed by atoms with van der Waals surface area (Å²) in [5.74, 6) is 1.51. The van der Waals surface area contributed by atoms with Gasteiger partial charge in [-0.25, -0.2) is 0 Å². The van der Waals surface area contributed by atoms with E-state index in [2.05, 4.69) is 43.5 Å². The summed E-state index contributed by atoms with van der Waals surface area (Å²) in [5.41, 5.74) is 0.00980. The summed E-state index contributed by atoms with van der Waals surface area (Å²) in [6.07, 6.45) is 0.